The van der Waals surface area contributed by atoms with E-state index in [4.69, 9.17) is 16.3 Å². The summed E-state index contributed by atoms with van der Waals surface area (Å²) in [6, 6.07) is 7.60. The number of halogens is 2. The molecule has 0 spiro atoms. The number of benzene rings is 1. The van der Waals surface area contributed by atoms with Crippen molar-refractivity contribution in [3.05, 3.63) is 35.9 Å². The lowest BCUT2D eigenvalue weighted by molar-refractivity contribution is -0.0361. The van der Waals surface area contributed by atoms with Gasteiger partial charge in [-0.25, -0.2) is 4.72 Å². The second kappa shape index (κ2) is 7.59. The van der Waals surface area contributed by atoms with Crippen molar-refractivity contribution in [1.29, 1.82) is 0 Å². The Bertz CT molecular complexity index is 630. The van der Waals surface area contributed by atoms with Gasteiger partial charge in [0.2, 0.25) is 0 Å². The Hall–Kier alpha value is -1.18. The molecule has 1 aromatic carbocycles. The normalized spacial score (nSPS) is 19.0. The molecule has 2 rings (SSSR count). The standard InChI is InChI=1S/C15H19ClFNO4S/c16-15(17,22-11-12-7-3-1-4-8-12)23(20,21)18-14(19)13-9-5-2-6-10-13/h2,5-6,9-10,12H,1,3-4,7-8,11H2,(H,18,19). The van der Waals surface area contributed by atoms with Crippen LogP contribution >= 0.6 is 11.6 Å². The van der Waals surface area contributed by atoms with Crippen LogP contribution in [-0.2, 0) is 14.8 Å². The van der Waals surface area contributed by atoms with Crippen LogP contribution in [0.4, 0.5) is 4.39 Å². The molecule has 1 aliphatic carbocycles. The summed E-state index contributed by atoms with van der Waals surface area (Å²) in [5.74, 6) is -0.882. The largest absolute Gasteiger partial charge is 0.409 e. The van der Waals surface area contributed by atoms with E-state index in [0.29, 0.717) is 0 Å². The first-order valence-corrected chi connectivity index (χ1v) is 9.31. The first kappa shape index (κ1) is 18.2. The quantitative estimate of drug-likeness (QED) is 0.788. The predicted octanol–water partition coefficient (Wildman–Crippen LogP) is 3.16. The molecule has 0 heterocycles. The third kappa shape index (κ3) is 4.89. The number of hydrogen-bond acceptors (Lipinski definition) is 4. The van der Waals surface area contributed by atoms with E-state index in [9.17, 15) is 17.6 Å². The number of sulfonamides is 1. The van der Waals surface area contributed by atoms with Gasteiger partial charge in [0.1, 0.15) is 0 Å². The Morgan fingerprint density at radius 1 is 1.26 bits per heavy atom. The minimum absolute atomic E-state index is 0.0795. The van der Waals surface area contributed by atoms with E-state index < -0.39 is 20.6 Å². The highest BCUT2D eigenvalue weighted by molar-refractivity contribution is 7.92. The Balaban J connectivity index is 1.97. The molecule has 1 atom stereocenters. The van der Waals surface area contributed by atoms with Crippen LogP contribution in [0.3, 0.4) is 0 Å². The third-order valence-electron chi connectivity index (χ3n) is 3.79. The highest BCUT2D eigenvalue weighted by Gasteiger charge is 2.46. The molecule has 0 aliphatic heterocycles. The molecule has 1 N–H and O–H groups in total. The van der Waals surface area contributed by atoms with Gasteiger partial charge in [0, 0.05) is 5.56 Å². The molecule has 23 heavy (non-hydrogen) atoms. The smallest absolute Gasteiger partial charge is 0.320 e. The van der Waals surface area contributed by atoms with E-state index in [1.165, 1.54) is 12.1 Å². The van der Waals surface area contributed by atoms with Crippen LogP contribution in [0.5, 0.6) is 0 Å². The Labute approximate surface area is 140 Å². The van der Waals surface area contributed by atoms with E-state index in [1.54, 1.807) is 22.9 Å². The van der Waals surface area contributed by atoms with E-state index in [2.05, 4.69) is 0 Å². The number of carbonyl (C=O) groups is 1. The van der Waals surface area contributed by atoms with Crippen LogP contribution < -0.4 is 4.72 Å². The van der Waals surface area contributed by atoms with Gasteiger partial charge in [0.25, 0.3) is 5.91 Å². The molecular formula is C15H19ClFNO4S. The lowest BCUT2D eigenvalue weighted by Gasteiger charge is -2.25. The summed E-state index contributed by atoms with van der Waals surface area (Å²) in [4.78, 5) is 11.8. The maximum absolute atomic E-state index is 14.2. The minimum atomic E-state index is -4.83. The molecule has 0 radical (unpaired) electrons. The zero-order valence-electron chi connectivity index (χ0n) is 12.5. The van der Waals surface area contributed by atoms with Crippen molar-refractivity contribution in [3.8, 4) is 0 Å². The SMILES string of the molecule is O=C(NS(=O)(=O)C(F)(Cl)OCC1CCCCC1)c1ccccc1. The third-order valence-corrected chi connectivity index (χ3v) is 5.70. The maximum Gasteiger partial charge on any atom is 0.409 e. The van der Waals surface area contributed by atoms with Crippen LogP contribution in [0.1, 0.15) is 42.5 Å². The zero-order valence-corrected chi connectivity index (χ0v) is 14.1. The van der Waals surface area contributed by atoms with Crippen molar-refractivity contribution >= 4 is 27.5 Å². The number of hydrogen-bond donors (Lipinski definition) is 1. The monoisotopic (exact) mass is 363 g/mol. The van der Waals surface area contributed by atoms with Gasteiger partial charge in [0.15, 0.2) is 0 Å². The van der Waals surface area contributed by atoms with Crippen molar-refractivity contribution in [1.82, 2.24) is 4.72 Å². The molecule has 1 saturated carbocycles. The van der Waals surface area contributed by atoms with Crippen molar-refractivity contribution in [3.63, 3.8) is 0 Å². The lowest BCUT2D eigenvalue weighted by Crippen LogP contribution is -2.44. The Morgan fingerprint density at radius 3 is 2.48 bits per heavy atom. The molecule has 1 aliphatic rings. The van der Waals surface area contributed by atoms with Crippen molar-refractivity contribution in [2.24, 2.45) is 5.92 Å². The molecule has 0 bridgehead atoms. The predicted molar refractivity (Wildman–Crippen MR) is 85.0 cm³/mol. The lowest BCUT2D eigenvalue weighted by atomic mass is 9.90. The number of nitrogens with one attached hydrogen (secondary N) is 1. The summed E-state index contributed by atoms with van der Waals surface area (Å²) in [5.41, 5.74) is 0.0795. The van der Waals surface area contributed by atoms with E-state index in [1.807, 2.05) is 0 Å². The molecule has 5 nitrogen and oxygen atoms in total. The maximum atomic E-state index is 14.2. The van der Waals surface area contributed by atoms with E-state index in [0.717, 1.165) is 32.1 Å². The van der Waals surface area contributed by atoms with Gasteiger partial charge in [-0.3, -0.25) is 4.79 Å². The molecule has 1 unspecified atom stereocenters. The van der Waals surface area contributed by atoms with Gasteiger partial charge >= 0.3 is 14.7 Å². The Morgan fingerprint density at radius 2 is 1.87 bits per heavy atom. The van der Waals surface area contributed by atoms with Crippen LogP contribution in [0.15, 0.2) is 30.3 Å². The van der Waals surface area contributed by atoms with Gasteiger partial charge in [-0.15, -0.1) is 0 Å². The first-order chi connectivity index (χ1) is 10.8. The van der Waals surface area contributed by atoms with Crippen LogP contribution in [0, 0.1) is 5.92 Å². The fraction of sp³-hybridized carbons (Fsp3) is 0.533. The summed E-state index contributed by atoms with van der Waals surface area (Å²) < 4.78 is 41.0. The molecule has 1 fully saturated rings. The number of amides is 1. The van der Waals surface area contributed by atoms with Gasteiger partial charge in [-0.1, -0.05) is 37.5 Å². The first-order valence-electron chi connectivity index (χ1n) is 7.45. The summed E-state index contributed by atoms with van der Waals surface area (Å²) in [6.45, 7) is -0.0968. The number of rotatable bonds is 6. The van der Waals surface area contributed by atoms with Crippen molar-refractivity contribution < 1.29 is 22.3 Å². The summed E-state index contributed by atoms with van der Waals surface area (Å²) in [6.07, 6.45) is 4.83. The van der Waals surface area contributed by atoms with Gasteiger partial charge in [-0.2, -0.15) is 12.8 Å². The Kier molecular flexibility index (Phi) is 6.00. The van der Waals surface area contributed by atoms with Gasteiger partial charge in [-0.05, 0) is 42.5 Å². The van der Waals surface area contributed by atoms with Crippen molar-refractivity contribution in [2.45, 2.75) is 36.8 Å². The second-order valence-electron chi connectivity index (χ2n) is 5.58. The summed E-state index contributed by atoms with van der Waals surface area (Å²) in [5, 5.41) is 0. The fourth-order valence-electron chi connectivity index (χ4n) is 2.48. The van der Waals surface area contributed by atoms with E-state index >= 15 is 0 Å². The number of ether oxygens (including phenoxy) is 1. The number of alkyl halides is 2. The molecular weight excluding hydrogens is 345 g/mol. The highest BCUT2D eigenvalue weighted by atomic mass is 35.5. The minimum Gasteiger partial charge on any atom is -0.320 e. The van der Waals surface area contributed by atoms with Gasteiger partial charge < -0.3 is 4.74 Å². The molecule has 0 saturated heterocycles. The number of carbonyl (C=O) groups excluding carboxylic acids is 1. The fourth-order valence-corrected chi connectivity index (χ4v) is 3.36. The summed E-state index contributed by atoms with van der Waals surface area (Å²) >= 11 is 5.39. The molecule has 128 valence electrons. The summed E-state index contributed by atoms with van der Waals surface area (Å²) in [7, 11) is -4.83. The highest BCUT2D eigenvalue weighted by Crippen LogP contribution is 2.30. The molecule has 0 aromatic heterocycles. The van der Waals surface area contributed by atoms with Gasteiger partial charge in [0.05, 0.1) is 6.61 Å². The van der Waals surface area contributed by atoms with Crippen LogP contribution in [0.2, 0.25) is 0 Å². The second-order valence-corrected chi connectivity index (χ2v) is 8.03. The topological polar surface area (TPSA) is 72.5 Å². The zero-order chi connectivity index (χ0) is 16.9. The molecule has 1 amide bonds. The molecule has 1 aromatic rings. The van der Waals surface area contributed by atoms with E-state index in [-0.39, 0.29) is 18.1 Å². The molecule has 8 heteroatoms. The van der Waals surface area contributed by atoms with Crippen LogP contribution in [0.25, 0.3) is 0 Å². The van der Waals surface area contributed by atoms with Crippen molar-refractivity contribution in [2.75, 3.05) is 6.61 Å². The average Bonchev–Trinajstić information content (AvgIpc) is 2.54. The average molecular weight is 364 g/mol. The van der Waals surface area contributed by atoms with Crippen LogP contribution in [-0.4, -0.2) is 25.6 Å².